The Morgan fingerprint density at radius 1 is 1.00 bits per heavy atom. The van der Waals surface area contributed by atoms with Crippen LogP contribution in [0.4, 0.5) is 0 Å². The highest BCUT2D eigenvalue weighted by Crippen LogP contribution is 2.22. The van der Waals surface area contributed by atoms with Gasteiger partial charge in [-0.15, -0.1) is 5.10 Å². The Hall–Kier alpha value is -3.48. The number of carbonyl (C=O) groups is 2. The first-order chi connectivity index (χ1) is 13.8. The van der Waals surface area contributed by atoms with Crippen LogP contribution < -0.4 is 0 Å². The van der Waals surface area contributed by atoms with Gasteiger partial charge in [-0.3, -0.25) is 4.79 Å². The van der Waals surface area contributed by atoms with Gasteiger partial charge in [-0.2, -0.15) is 9.90 Å². The van der Waals surface area contributed by atoms with Gasteiger partial charge in [0.05, 0.1) is 11.4 Å². The molecule has 1 amide bonds. The monoisotopic (exact) mass is 392 g/mol. The first-order valence-electron chi connectivity index (χ1n) is 9.26. The molecule has 0 N–H and O–H groups in total. The summed E-state index contributed by atoms with van der Waals surface area (Å²) in [6.07, 6.45) is -1.05. The lowest BCUT2D eigenvalue weighted by atomic mass is 10.1. The Morgan fingerprint density at radius 2 is 1.69 bits per heavy atom. The normalized spacial score (nSPS) is 11.8. The molecule has 150 valence electrons. The van der Waals surface area contributed by atoms with Crippen LogP contribution in [0.1, 0.15) is 39.0 Å². The molecule has 0 bridgehead atoms. The van der Waals surface area contributed by atoms with Crippen LogP contribution in [0.2, 0.25) is 0 Å². The second kappa shape index (κ2) is 8.26. The van der Waals surface area contributed by atoms with E-state index in [2.05, 4.69) is 10.2 Å². The molecule has 1 atom stereocenters. The molecule has 3 rings (SSSR count). The lowest BCUT2D eigenvalue weighted by Gasteiger charge is -2.20. The lowest BCUT2D eigenvalue weighted by molar-refractivity contribution is -0.138. The maximum Gasteiger partial charge on any atom is 0.361 e. The van der Waals surface area contributed by atoms with Crippen LogP contribution in [0, 0.1) is 20.8 Å². The fourth-order valence-electron chi connectivity index (χ4n) is 2.99. The highest BCUT2D eigenvalue weighted by atomic mass is 16.5. The molecule has 1 heterocycles. The van der Waals surface area contributed by atoms with Crippen molar-refractivity contribution >= 4 is 11.9 Å². The van der Waals surface area contributed by atoms with Crippen molar-refractivity contribution in [2.24, 2.45) is 0 Å². The second-order valence-electron chi connectivity index (χ2n) is 7.14. The molecule has 29 heavy (non-hydrogen) atoms. The van der Waals surface area contributed by atoms with Crippen molar-refractivity contribution in [3.05, 3.63) is 76.6 Å². The minimum Gasteiger partial charge on any atom is -0.442 e. The molecule has 0 aliphatic heterocycles. The van der Waals surface area contributed by atoms with Crippen molar-refractivity contribution in [3.8, 4) is 5.69 Å². The number of aryl methyl sites for hydroxylation is 3. The SMILES string of the molecule is Cc1ccc(-n2nc(C)c(C(=O)O[C@H](C(=O)N(C)C)c3ccccc3)n2)c(C)c1. The smallest absolute Gasteiger partial charge is 0.361 e. The molecule has 7 heteroatoms. The summed E-state index contributed by atoms with van der Waals surface area (Å²) in [5.74, 6) is -1.02. The van der Waals surface area contributed by atoms with Crippen LogP contribution in [-0.4, -0.2) is 45.9 Å². The average molecular weight is 392 g/mol. The van der Waals surface area contributed by atoms with E-state index in [4.69, 9.17) is 4.74 Å². The van der Waals surface area contributed by atoms with Crippen LogP contribution >= 0.6 is 0 Å². The van der Waals surface area contributed by atoms with Crippen molar-refractivity contribution in [2.75, 3.05) is 14.1 Å². The molecular weight excluding hydrogens is 368 g/mol. The minimum absolute atomic E-state index is 0.0810. The van der Waals surface area contributed by atoms with Crippen LogP contribution in [0.15, 0.2) is 48.5 Å². The summed E-state index contributed by atoms with van der Waals surface area (Å²) in [5.41, 5.74) is 4.00. The Kier molecular flexibility index (Phi) is 5.77. The number of rotatable bonds is 5. The van der Waals surface area contributed by atoms with Gasteiger partial charge in [0.2, 0.25) is 6.10 Å². The number of aromatic nitrogens is 3. The van der Waals surface area contributed by atoms with Gasteiger partial charge in [-0.25, -0.2) is 4.79 Å². The number of carbonyl (C=O) groups excluding carboxylic acids is 2. The van der Waals surface area contributed by atoms with Crippen LogP contribution in [0.3, 0.4) is 0 Å². The van der Waals surface area contributed by atoms with E-state index in [1.807, 2.05) is 38.1 Å². The molecule has 0 fully saturated rings. The van der Waals surface area contributed by atoms with Crippen molar-refractivity contribution in [2.45, 2.75) is 26.9 Å². The van der Waals surface area contributed by atoms with Gasteiger partial charge in [0, 0.05) is 19.7 Å². The van der Waals surface area contributed by atoms with Crippen molar-refractivity contribution < 1.29 is 14.3 Å². The highest BCUT2D eigenvalue weighted by Gasteiger charge is 2.29. The summed E-state index contributed by atoms with van der Waals surface area (Å²) in [6.45, 7) is 5.65. The van der Waals surface area contributed by atoms with Gasteiger partial charge < -0.3 is 9.64 Å². The fraction of sp³-hybridized carbons (Fsp3) is 0.273. The Labute approximate surface area is 169 Å². The zero-order chi connectivity index (χ0) is 21.1. The Bertz CT molecular complexity index is 1040. The first kappa shape index (κ1) is 20.3. The predicted octanol–water partition coefficient (Wildman–Crippen LogP) is 3.18. The molecule has 0 saturated heterocycles. The quantitative estimate of drug-likeness (QED) is 0.623. The molecule has 0 radical (unpaired) electrons. The Morgan fingerprint density at radius 3 is 2.31 bits per heavy atom. The summed E-state index contributed by atoms with van der Waals surface area (Å²) in [5, 5.41) is 8.69. The van der Waals surface area contributed by atoms with Crippen molar-refractivity contribution in [1.29, 1.82) is 0 Å². The fourth-order valence-corrected chi connectivity index (χ4v) is 2.99. The number of ether oxygens (including phenoxy) is 1. The van der Waals surface area contributed by atoms with Crippen LogP contribution in [-0.2, 0) is 9.53 Å². The standard InChI is InChI=1S/C22H24N4O3/c1-14-11-12-18(15(2)13-14)26-23-16(3)19(24-26)22(28)29-20(21(27)25(4)5)17-9-7-6-8-10-17/h6-13,20H,1-5H3/t20-/m0/s1. The molecule has 0 saturated carbocycles. The molecule has 7 nitrogen and oxygen atoms in total. The molecule has 0 unspecified atom stereocenters. The van der Waals surface area contributed by atoms with Gasteiger partial charge in [0.25, 0.3) is 5.91 Å². The van der Waals surface area contributed by atoms with Gasteiger partial charge in [-0.05, 0) is 32.4 Å². The van der Waals surface area contributed by atoms with E-state index in [-0.39, 0.29) is 11.6 Å². The third-order valence-corrected chi connectivity index (χ3v) is 4.54. The van der Waals surface area contributed by atoms with E-state index in [0.29, 0.717) is 11.3 Å². The number of nitrogens with zero attached hydrogens (tertiary/aromatic N) is 4. The topological polar surface area (TPSA) is 77.3 Å². The highest BCUT2D eigenvalue weighted by molar-refractivity contribution is 5.91. The van der Waals surface area contributed by atoms with E-state index in [0.717, 1.165) is 16.8 Å². The number of hydrogen-bond acceptors (Lipinski definition) is 5. The number of likely N-dealkylation sites (N-methyl/N-ethyl adjacent to an activating group) is 1. The summed E-state index contributed by atoms with van der Waals surface area (Å²) in [6, 6.07) is 14.8. The maximum atomic E-state index is 12.9. The van der Waals surface area contributed by atoms with Gasteiger partial charge >= 0.3 is 5.97 Å². The first-order valence-corrected chi connectivity index (χ1v) is 9.26. The summed E-state index contributed by atoms with van der Waals surface area (Å²) in [7, 11) is 3.24. The predicted molar refractivity (Wildman–Crippen MR) is 109 cm³/mol. The van der Waals surface area contributed by atoms with Crippen LogP contribution in [0.25, 0.3) is 5.69 Å². The summed E-state index contributed by atoms with van der Waals surface area (Å²) >= 11 is 0. The van der Waals surface area contributed by atoms with E-state index in [9.17, 15) is 9.59 Å². The largest absolute Gasteiger partial charge is 0.442 e. The third-order valence-electron chi connectivity index (χ3n) is 4.54. The Balaban J connectivity index is 1.91. The number of benzene rings is 2. The van der Waals surface area contributed by atoms with Crippen molar-refractivity contribution in [1.82, 2.24) is 19.9 Å². The van der Waals surface area contributed by atoms with Crippen LogP contribution in [0.5, 0.6) is 0 Å². The average Bonchev–Trinajstić information content (AvgIpc) is 3.07. The van der Waals surface area contributed by atoms with E-state index in [1.165, 1.54) is 9.70 Å². The lowest BCUT2D eigenvalue weighted by Crippen LogP contribution is -2.31. The van der Waals surface area contributed by atoms with Gasteiger partial charge in [0.15, 0.2) is 5.69 Å². The zero-order valence-electron chi connectivity index (χ0n) is 17.2. The summed E-state index contributed by atoms with van der Waals surface area (Å²) < 4.78 is 5.58. The van der Waals surface area contributed by atoms with E-state index in [1.54, 1.807) is 45.3 Å². The van der Waals surface area contributed by atoms with Gasteiger partial charge in [0.1, 0.15) is 0 Å². The number of esters is 1. The molecule has 0 aliphatic rings. The van der Waals surface area contributed by atoms with E-state index >= 15 is 0 Å². The molecule has 2 aromatic carbocycles. The maximum absolute atomic E-state index is 12.9. The summed E-state index contributed by atoms with van der Waals surface area (Å²) in [4.78, 5) is 28.3. The molecular formula is C22H24N4O3. The molecule has 0 aliphatic carbocycles. The number of hydrogen-bond donors (Lipinski definition) is 0. The second-order valence-corrected chi connectivity index (χ2v) is 7.14. The minimum atomic E-state index is -1.05. The third kappa shape index (κ3) is 4.34. The molecule has 0 spiro atoms. The molecule has 1 aromatic heterocycles. The van der Waals surface area contributed by atoms with E-state index < -0.39 is 12.1 Å². The zero-order valence-corrected chi connectivity index (χ0v) is 17.2. The molecule has 3 aromatic rings. The number of amides is 1. The van der Waals surface area contributed by atoms with Gasteiger partial charge in [-0.1, -0.05) is 48.0 Å². The van der Waals surface area contributed by atoms with Crippen molar-refractivity contribution in [3.63, 3.8) is 0 Å².